The summed E-state index contributed by atoms with van der Waals surface area (Å²) < 4.78 is 5.87. The summed E-state index contributed by atoms with van der Waals surface area (Å²) in [4.78, 5) is 26.7. The van der Waals surface area contributed by atoms with Crippen LogP contribution in [0, 0.1) is 0 Å². The molecule has 1 aliphatic heterocycles. The summed E-state index contributed by atoms with van der Waals surface area (Å²) in [6.07, 6.45) is 0.360. The van der Waals surface area contributed by atoms with Gasteiger partial charge in [0.25, 0.3) is 5.91 Å². The molecule has 148 valence electrons. The second-order valence-electron chi connectivity index (χ2n) is 6.48. The van der Waals surface area contributed by atoms with Gasteiger partial charge in [-0.2, -0.15) is 0 Å². The number of hydrogen-bond acceptors (Lipinski definition) is 6. The van der Waals surface area contributed by atoms with Crippen LogP contribution in [0.2, 0.25) is 0 Å². The lowest BCUT2D eigenvalue weighted by molar-refractivity contribution is -0.117. The van der Waals surface area contributed by atoms with Crippen molar-refractivity contribution in [1.29, 1.82) is 0 Å². The second kappa shape index (κ2) is 8.30. The molecule has 0 spiro atoms. The van der Waals surface area contributed by atoms with E-state index in [9.17, 15) is 9.59 Å². The summed E-state index contributed by atoms with van der Waals surface area (Å²) in [5, 5.41) is 12.2. The summed E-state index contributed by atoms with van der Waals surface area (Å²) in [6.45, 7) is 0.526. The van der Waals surface area contributed by atoms with E-state index in [-0.39, 0.29) is 17.7 Å². The lowest BCUT2D eigenvalue weighted by atomic mass is 10.1. The fourth-order valence-corrected chi connectivity index (χ4v) is 4.44. The molecule has 1 fully saturated rings. The average Bonchev–Trinajstić information content (AvgIpc) is 3.35. The molecule has 1 aromatic heterocycles. The van der Waals surface area contributed by atoms with Gasteiger partial charge in [0, 0.05) is 29.0 Å². The highest BCUT2D eigenvalue weighted by molar-refractivity contribution is 9.10. The zero-order valence-corrected chi connectivity index (χ0v) is 17.9. The molecule has 1 N–H and O–H groups in total. The number of methoxy groups -OCH3 is 1. The van der Waals surface area contributed by atoms with E-state index in [2.05, 4.69) is 31.4 Å². The molecule has 0 bridgehead atoms. The minimum Gasteiger partial charge on any atom is -0.497 e. The van der Waals surface area contributed by atoms with Crippen LogP contribution >= 0.6 is 27.3 Å². The Hall–Kier alpha value is -2.78. The summed E-state index contributed by atoms with van der Waals surface area (Å²) in [5.74, 6) is 0.458. The number of ether oxygens (including phenoxy) is 1. The molecule has 0 aliphatic carbocycles. The molecule has 29 heavy (non-hydrogen) atoms. The predicted octanol–water partition coefficient (Wildman–Crippen LogP) is 4.08. The summed E-state index contributed by atoms with van der Waals surface area (Å²) in [5.41, 5.74) is 1.34. The van der Waals surface area contributed by atoms with Gasteiger partial charge in [-0.3, -0.25) is 14.9 Å². The first-order chi connectivity index (χ1) is 14.0. The SMILES string of the molecule is COc1ccc(N2C[C@@H](c3nnc(NC(=O)c4ccccc4Br)s3)CC2=O)cc1. The summed E-state index contributed by atoms with van der Waals surface area (Å²) >= 11 is 4.67. The largest absolute Gasteiger partial charge is 0.497 e. The average molecular weight is 473 g/mol. The Morgan fingerprint density at radius 1 is 1.21 bits per heavy atom. The number of anilines is 2. The molecular formula is C20H17BrN4O3S. The van der Waals surface area contributed by atoms with Crippen LogP contribution in [0.1, 0.15) is 27.7 Å². The van der Waals surface area contributed by atoms with Crippen LogP contribution in [0.25, 0.3) is 0 Å². The van der Waals surface area contributed by atoms with Crippen LogP contribution in [0.4, 0.5) is 10.8 Å². The summed E-state index contributed by atoms with van der Waals surface area (Å²) in [7, 11) is 1.61. The van der Waals surface area contributed by atoms with E-state index >= 15 is 0 Å². The van der Waals surface area contributed by atoms with Crippen molar-refractivity contribution in [3.63, 3.8) is 0 Å². The Morgan fingerprint density at radius 2 is 1.97 bits per heavy atom. The Labute approximate surface area is 179 Å². The molecule has 0 radical (unpaired) electrons. The van der Waals surface area contributed by atoms with E-state index in [1.165, 1.54) is 11.3 Å². The lowest BCUT2D eigenvalue weighted by Crippen LogP contribution is -2.24. The Kier molecular flexibility index (Phi) is 5.59. The van der Waals surface area contributed by atoms with Crippen molar-refractivity contribution in [2.24, 2.45) is 0 Å². The predicted molar refractivity (Wildman–Crippen MR) is 115 cm³/mol. The van der Waals surface area contributed by atoms with Gasteiger partial charge in [-0.1, -0.05) is 23.5 Å². The maximum Gasteiger partial charge on any atom is 0.258 e. The van der Waals surface area contributed by atoms with Gasteiger partial charge in [0.2, 0.25) is 11.0 Å². The third-order valence-electron chi connectivity index (χ3n) is 4.64. The normalized spacial score (nSPS) is 16.1. The standard InChI is InChI=1S/C20H17BrN4O3S/c1-28-14-8-6-13(7-9-14)25-11-12(10-17(25)26)19-23-24-20(29-19)22-18(27)15-4-2-3-5-16(15)21/h2-9,12H,10-11H2,1H3,(H,22,24,27)/t12-/m0/s1. The highest BCUT2D eigenvalue weighted by Gasteiger charge is 2.34. The summed E-state index contributed by atoms with van der Waals surface area (Å²) in [6, 6.07) is 14.6. The number of benzene rings is 2. The van der Waals surface area contributed by atoms with E-state index in [0.717, 1.165) is 16.4 Å². The maximum atomic E-state index is 12.5. The maximum absolute atomic E-state index is 12.5. The van der Waals surface area contributed by atoms with Crippen molar-refractivity contribution in [2.75, 3.05) is 23.9 Å². The van der Waals surface area contributed by atoms with Crippen LogP contribution in [-0.4, -0.2) is 35.7 Å². The molecule has 2 amide bonds. The molecule has 3 aromatic rings. The first-order valence-electron chi connectivity index (χ1n) is 8.89. The van der Waals surface area contributed by atoms with Gasteiger partial charge >= 0.3 is 0 Å². The third-order valence-corrected chi connectivity index (χ3v) is 6.33. The number of nitrogens with one attached hydrogen (secondary N) is 1. The molecule has 9 heteroatoms. The van der Waals surface area contributed by atoms with Gasteiger partial charge in [0.1, 0.15) is 10.8 Å². The van der Waals surface area contributed by atoms with Crippen LogP contribution in [0.15, 0.2) is 53.0 Å². The Bertz CT molecular complexity index is 1050. The zero-order valence-electron chi connectivity index (χ0n) is 15.5. The number of carbonyl (C=O) groups is 2. The fourth-order valence-electron chi connectivity index (χ4n) is 3.14. The van der Waals surface area contributed by atoms with Crippen molar-refractivity contribution in [3.8, 4) is 5.75 Å². The van der Waals surface area contributed by atoms with Gasteiger partial charge in [-0.05, 0) is 52.3 Å². The van der Waals surface area contributed by atoms with Gasteiger partial charge in [0.15, 0.2) is 0 Å². The van der Waals surface area contributed by atoms with Crippen LogP contribution in [-0.2, 0) is 4.79 Å². The number of hydrogen-bond donors (Lipinski definition) is 1. The minimum absolute atomic E-state index is 0.0363. The molecule has 7 nitrogen and oxygen atoms in total. The van der Waals surface area contributed by atoms with Crippen LogP contribution in [0.5, 0.6) is 5.75 Å². The highest BCUT2D eigenvalue weighted by Crippen LogP contribution is 2.35. The number of carbonyl (C=O) groups excluding carboxylic acids is 2. The van der Waals surface area contributed by atoms with Crippen molar-refractivity contribution in [2.45, 2.75) is 12.3 Å². The minimum atomic E-state index is -0.262. The second-order valence-corrected chi connectivity index (χ2v) is 8.35. The highest BCUT2D eigenvalue weighted by atomic mass is 79.9. The molecule has 1 saturated heterocycles. The molecule has 1 atom stereocenters. The number of aromatic nitrogens is 2. The lowest BCUT2D eigenvalue weighted by Gasteiger charge is -2.16. The fraction of sp³-hybridized carbons (Fsp3) is 0.200. The van der Waals surface area contributed by atoms with Crippen LogP contribution < -0.4 is 15.0 Å². The topological polar surface area (TPSA) is 84.4 Å². The molecule has 2 heterocycles. The third kappa shape index (κ3) is 4.15. The number of rotatable bonds is 5. The van der Waals surface area contributed by atoms with E-state index in [4.69, 9.17) is 4.74 Å². The van der Waals surface area contributed by atoms with Crippen LogP contribution in [0.3, 0.4) is 0 Å². The molecule has 1 aliphatic rings. The molecule has 2 aromatic carbocycles. The monoisotopic (exact) mass is 472 g/mol. The van der Waals surface area contributed by atoms with E-state index in [0.29, 0.717) is 28.1 Å². The Balaban J connectivity index is 1.45. The van der Waals surface area contributed by atoms with Gasteiger partial charge in [0.05, 0.1) is 12.7 Å². The quantitative estimate of drug-likeness (QED) is 0.604. The molecule has 0 unspecified atom stereocenters. The van der Waals surface area contributed by atoms with Crippen molar-refractivity contribution in [3.05, 3.63) is 63.6 Å². The van der Waals surface area contributed by atoms with Gasteiger partial charge in [-0.25, -0.2) is 0 Å². The molecule has 4 rings (SSSR count). The molecule has 0 saturated carbocycles. The van der Waals surface area contributed by atoms with E-state index in [1.54, 1.807) is 30.2 Å². The van der Waals surface area contributed by atoms with E-state index < -0.39 is 0 Å². The van der Waals surface area contributed by atoms with Gasteiger partial charge in [-0.15, -0.1) is 10.2 Å². The first-order valence-corrected chi connectivity index (χ1v) is 10.5. The number of halogens is 1. The van der Waals surface area contributed by atoms with Gasteiger partial charge < -0.3 is 9.64 Å². The van der Waals surface area contributed by atoms with Crippen molar-refractivity contribution in [1.82, 2.24) is 10.2 Å². The van der Waals surface area contributed by atoms with Crippen molar-refractivity contribution >= 4 is 49.9 Å². The number of amides is 2. The van der Waals surface area contributed by atoms with Crippen molar-refractivity contribution < 1.29 is 14.3 Å². The number of nitrogens with zero attached hydrogens (tertiary/aromatic N) is 3. The Morgan fingerprint density at radius 3 is 2.69 bits per heavy atom. The molecular weight excluding hydrogens is 456 g/mol. The first kappa shape index (κ1) is 19.5. The zero-order chi connectivity index (χ0) is 20.4. The van der Waals surface area contributed by atoms with E-state index in [1.807, 2.05) is 30.3 Å². The smallest absolute Gasteiger partial charge is 0.258 e.